The van der Waals surface area contributed by atoms with Gasteiger partial charge in [-0.25, -0.2) is 15.8 Å². The summed E-state index contributed by atoms with van der Waals surface area (Å²) in [6, 6.07) is 1.94. The fraction of sp³-hybridized carbons (Fsp3) is 0.692. The largest absolute Gasteiger partial charge is 0.359 e. The molecule has 98 valence electrons. The molecule has 1 aromatic heterocycles. The molecule has 2 aliphatic carbocycles. The maximum absolute atomic E-state index is 5.49. The Labute approximate surface area is 108 Å². The first-order chi connectivity index (χ1) is 8.76. The fourth-order valence-electron chi connectivity index (χ4n) is 2.40. The van der Waals surface area contributed by atoms with Gasteiger partial charge in [0.15, 0.2) is 0 Å². The first-order valence-electron chi connectivity index (χ1n) is 6.83. The third-order valence-electron chi connectivity index (χ3n) is 3.97. The predicted octanol–water partition coefficient (Wildman–Crippen LogP) is 1.88. The third-order valence-corrected chi connectivity index (χ3v) is 3.97. The maximum Gasteiger partial charge on any atom is 0.145 e. The Morgan fingerprint density at radius 3 is 2.67 bits per heavy atom. The monoisotopic (exact) mass is 247 g/mol. The zero-order chi connectivity index (χ0) is 12.5. The highest BCUT2D eigenvalue weighted by Crippen LogP contribution is 2.39. The summed E-state index contributed by atoms with van der Waals surface area (Å²) in [5.41, 5.74) is 2.65. The zero-order valence-electron chi connectivity index (χ0n) is 10.9. The van der Waals surface area contributed by atoms with Crippen molar-refractivity contribution in [3.05, 3.63) is 11.9 Å². The fourth-order valence-corrected chi connectivity index (χ4v) is 2.40. The van der Waals surface area contributed by atoms with Gasteiger partial charge in [0, 0.05) is 25.6 Å². The number of hydrogen-bond donors (Lipinski definition) is 2. The second kappa shape index (κ2) is 4.72. The molecule has 0 unspecified atom stereocenters. The van der Waals surface area contributed by atoms with Crippen molar-refractivity contribution in [3.8, 4) is 0 Å². The normalized spacial score (nSPS) is 19.4. The van der Waals surface area contributed by atoms with E-state index in [1.54, 1.807) is 0 Å². The highest BCUT2D eigenvalue weighted by Gasteiger charge is 2.28. The lowest BCUT2D eigenvalue weighted by molar-refractivity contribution is 0.321. The minimum atomic E-state index is 0.550. The van der Waals surface area contributed by atoms with Crippen molar-refractivity contribution in [1.29, 1.82) is 0 Å². The van der Waals surface area contributed by atoms with Gasteiger partial charge in [-0.05, 0) is 31.6 Å². The molecule has 2 aliphatic rings. The van der Waals surface area contributed by atoms with Gasteiger partial charge in [0.05, 0.1) is 0 Å². The van der Waals surface area contributed by atoms with Crippen LogP contribution in [-0.4, -0.2) is 23.6 Å². The van der Waals surface area contributed by atoms with E-state index >= 15 is 0 Å². The van der Waals surface area contributed by atoms with Crippen molar-refractivity contribution < 1.29 is 0 Å². The van der Waals surface area contributed by atoms with E-state index in [1.807, 2.05) is 6.07 Å². The molecular formula is C13H21N5. The number of nitrogens with zero attached hydrogens (tertiary/aromatic N) is 3. The SMILES string of the molecule is CN(CC1CCC1)c1cc(NN)nc(C2CC2)n1. The van der Waals surface area contributed by atoms with Gasteiger partial charge in [-0.3, -0.25) is 0 Å². The molecule has 5 nitrogen and oxygen atoms in total. The Balaban J connectivity index is 1.77. The maximum atomic E-state index is 5.49. The molecule has 0 radical (unpaired) electrons. The van der Waals surface area contributed by atoms with Crippen LogP contribution in [0.3, 0.4) is 0 Å². The van der Waals surface area contributed by atoms with Crippen molar-refractivity contribution >= 4 is 11.6 Å². The van der Waals surface area contributed by atoms with Gasteiger partial charge in [-0.15, -0.1) is 0 Å². The molecule has 18 heavy (non-hydrogen) atoms. The molecule has 0 aliphatic heterocycles. The van der Waals surface area contributed by atoms with E-state index in [9.17, 15) is 0 Å². The number of nitrogens with one attached hydrogen (secondary N) is 1. The van der Waals surface area contributed by atoms with E-state index in [2.05, 4.69) is 27.3 Å². The van der Waals surface area contributed by atoms with E-state index in [1.165, 1.54) is 32.1 Å². The van der Waals surface area contributed by atoms with Crippen molar-refractivity contribution in [3.63, 3.8) is 0 Å². The molecule has 2 saturated carbocycles. The van der Waals surface area contributed by atoms with E-state index < -0.39 is 0 Å². The van der Waals surface area contributed by atoms with Crippen molar-refractivity contribution in [2.45, 2.75) is 38.0 Å². The van der Waals surface area contributed by atoms with E-state index in [0.29, 0.717) is 5.92 Å². The first kappa shape index (κ1) is 11.7. The number of aromatic nitrogens is 2. The van der Waals surface area contributed by atoms with Gasteiger partial charge in [0.25, 0.3) is 0 Å². The molecule has 0 aromatic carbocycles. The Morgan fingerprint density at radius 2 is 2.11 bits per heavy atom. The summed E-state index contributed by atoms with van der Waals surface area (Å²) in [5.74, 6) is 9.54. The quantitative estimate of drug-likeness (QED) is 0.614. The number of hydrazine groups is 1. The summed E-state index contributed by atoms with van der Waals surface area (Å²) >= 11 is 0. The number of rotatable bonds is 5. The molecular weight excluding hydrogens is 226 g/mol. The average molecular weight is 247 g/mol. The lowest BCUT2D eigenvalue weighted by Gasteiger charge is -2.30. The summed E-state index contributed by atoms with van der Waals surface area (Å²) in [6.07, 6.45) is 6.50. The lowest BCUT2D eigenvalue weighted by Crippen LogP contribution is -2.30. The number of nitrogens with two attached hydrogens (primary N) is 1. The molecule has 1 aromatic rings. The first-order valence-corrected chi connectivity index (χ1v) is 6.83. The Morgan fingerprint density at radius 1 is 1.33 bits per heavy atom. The highest BCUT2D eigenvalue weighted by molar-refractivity contribution is 5.49. The van der Waals surface area contributed by atoms with Gasteiger partial charge >= 0.3 is 0 Å². The van der Waals surface area contributed by atoms with Gasteiger partial charge in [-0.2, -0.15) is 0 Å². The van der Waals surface area contributed by atoms with E-state index in [4.69, 9.17) is 5.84 Å². The van der Waals surface area contributed by atoms with Crippen LogP contribution >= 0.6 is 0 Å². The van der Waals surface area contributed by atoms with Crippen LogP contribution in [0.25, 0.3) is 0 Å². The Bertz CT molecular complexity index is 425. The van der Waals surface area contributed by atoms with Crippen LogP contribution in [0.15, 0.2) is 6.07 Å². The Hall–Kier alpha value is -1.36. The van der Waals surface area contributed by atoms with E-state index in [0.717, 1.165) is 29.9 Å². The van der Waals surface area contributed by atoms with E-state index in [-0.39, 0.29) is 0 Å². The van der Waals surface area contributed by atoms with Crippen LogP contribution in [0.1, 0.15) is 43.8 Å². The van der Waals surface area contributed by atoms with Gasteiger partial charge in [0.2, 0.25) is 0 Å². The molecule has 5 heteroatoms. The second-order valence-corrected chi connectivity index (χ2v) is 5.57. The van der Waals surface area contributed by atoms with Crippen LogP contribution in [0.2, 0.25) is 0 Å². The lowest BCUT2D eigenvalue weighted by atomic mass is 9.85. The van der Waals surface area contributed by atoms with Crippen molar-refractivity contribution in [2.75, 3.05) is 23.9 Å². The summed E-state index contributed by atoms with van der Waals surface area (Å²) in [5, 5.41) is 0. The van der Waals surface area contributed by atoms with Gasteiger partial charge < -0.3 is 10.3 Å². The number of anilines is 2. The summed E-state index contributed by atoms with van der Waals surface area (Å²) in [6.45, 7) is 1.09. The number of hydrogen-bond acceptors (Lipinski definition) is 5. The molecule has 1 heterocycles. The van der Waals surface area contributed by atoms with Gasteiger partial charge in [-0.1, -0.05) is 6.42 Å². The average Bonchev–Trinajstić information content (AvgIpc) is 3.17. The summed E-state index contributed by atoms with van der Waals surface area (Å²) in [4.78, 5) is 11.3. The highest BCUT2D eigenvalue weighted by atomic mass is 15.3. The number of nitrogen functional groups attached to an aromatic ring is 1. The van der Waals surface area contributed by atoms with Crippen molar-refractivity contribution in [2.24, 2.45) is 11.8 Å². The molecule has 3 N–H and O–H groups in total. The van der Waals surface area contributed by atoms with Crippen LogP contribution in [0.4, 0.5) is 11.6 Å². The molecule has 2 fully saturated rings. The van der Waals surface area contributed by atoms with Crippen LogP contribution < -0.4 is 16.2 Å². The standard InChI is InChI=1S/C13H21N5/c1-18(8-9-3-2-4-9)12-7-11(17-14)15-13(16-12)10-5-6-10/h7,9-10H,2-6,8,14H2,1H3,(H,15,16,17). The van der Waals surface area contributed by atoms with Gasteiger partial charge in [0.1, 0.15) is 17.5 Å². The molecule has 0 saturated heterocycles. The summed E-state index contributed by atoms with van der Waals surface area (Å²) < 4.78 is 0. The van der Waals surface area contributed by atoms with Crippen molar-refractivity contribution in [1.82, 2.24) is 9.97 Å². The second-order valence-electron chi connectivity index (χ2n) is 5.57. The zero-order valence-corrected chi connectivity index (χ0v) is 10.9. The molecule has 0 bridgehead atoms. The molecule has 3 rings (SSSR count). The third kappa shape index (κ3) is 2.41. The smallest absolute Gasteiger partial charge is 0.145 e. The van der Waals surface area contributed by atoms with Crippen LogP contribution in [0, 0.1) is 5.92 Å². The summed E-state index contributed by atoms with van der Waals surface area (Å²) in [7, 11) is 2.11. The van der Waals surface area contributed by atoms with Crippen LogP contribution in [-0.2, 0) is 0 Å². The minimum absolute atomic E-state index is 0.550. The Kier molecular flexibility index (Phi) is 3.07. The van der Waals surface area contributed by atoms with Crippen LogP contribution in [0.5, 0.6) is 0 Å². The molecule has 0 atom stereocenters. The molecule has 0 amide bonds. The predicted molar refractivity (Wildman–Crippen MR) is 72.4 cm³/mol. The molecule has 0 spiro atoms. The topological polar surface area (TPSA) is 67.1 Å². The minimum Gasteiger partial charge on any atom is -0.359 e.